The lowest BCUT2D eigenvalue weighted by Crippen LogP contribution is -2.23. The predicted molar refractivity (Wildman–Crippen MR) is 105 cm³/mol. The van der Waals surface area contributed by atoms with Gasteiger partial charge in [0.15, 0.2) is 0 Å². The quantitative estimate of drug-likeness (QED) is 0.539. The van der Waals surface area contributed by atoms with Gasteiger partial charge in [-0.1, -0.05) is 60.9 Å². The van der Waals surface area contributed by atoms with Crippen LogP contribution in [0.25, 0.3) is 16.9 Å². The minimum Gasteiger partial charge on any atom is -0.311 e. The van der Waals surface area contributed by atoms with Crippen molar-refractivity contribution in [2.75, 3.05) is 0 Å². The molecule has 0 saturated heterocycles. The summed E-state index contributed by atoms with van der Waals surface area (Å²) in [5.74, 6) is 0.420. The SMILES string of the molecule is CCCc1cn(Cc2ccc(-c3ccccc3C#N)cc2)c2nnnn2c1=O. The molecule has 138 valence electrons. The first-order chi connectivity index (χ1) is 13.7. The minimum absolute atomic E-state index is 0.165. The number of benzene rings is 2. The number of rotatable bonds is 5. The molecule has 4 aromatic rings. The van der Waals surface area contributed by atoms with Gasteiger partial charge in [-0.3, -0.25) is 4.79 Å². The fourth-order valence-corrected chi connectivity index (χ4v) is 3.31. The maximum atomic E-state index is 12.4. The summed E-state index contributed by atoms with van der Waals surface area (Å²) in [6, 6.07) is 17.8. The van der Waals surface area contributed by atoms with Crippen molar-refractivity contribution in [2.24, 2.45) is 0 Å². The molecule has 28 heavy (non-hydrogen) atoms. The molecule has 0 unspecified atom stereocenters. The molecule has 0 N–H and O–H groups in total. The number of fused-ring (bicyclic) bond motifs is 1. The summed E-state index contributed by atoms with van der Waals surface area (Å²) in [7, 11) is 0. The van der Waals surface area contributed by atoms with E-state index in [-0.39, 0.29) is 5.56 Å². The van der Waals surface area contributed by atoms with E-state index < -0.39 is 0 Å². The van der Waals surface area contributed by atoms with Crippen LogP contribution < -0.4 is 5.56 Å². The van der Waals surface area contributed by atoms with Gasteiger partial charge in [0.2, 0.25) is 0 Å². The Kier molecular flexibility index (Phi) is 4.68. The third kappa shape index (κ3) is 3.16. The fraction of sp³-hybridized carbons (Fsp3) is 0.190. The van der Waals surface area contributed by atoms with Crippen LogP contribution in [-0.2, 0) is 13.0 Å². The number of hydrogen-bond acceptors (Lipinski definition) is 5. The standard InChI is InChI=1S/C21H18N6O/c1-2-5-18-14-26(21-23-24-25-27(21)20(18)28)13-15-8-10-16(11-9-15)19-7-4-3-6-17(19)12-22/h3-4,6-11,14H,2,5,13H2,1H3. The van der Waals surface area contributed by atoms with Crippen molar-refractivity contribution in [1.82, 2.24) is 24.6 Å². The van der Waals surface area contributed by atoms with Crippen LogP contribution in [0.15, 0.2) is 59.5 Å². The Morgan fingerprint density at radius 3 is 2.64 bits per heavy atom. The van der Waals surface area contributed by atoms with Gasteiger partial charge in [-0.05, 0) is 39.6 Å². The van der Waals surface area contributed by atoms with Crippen LogP contribution in [0.3, 0.4) is 0 Å². The lowest BCUT2D eigenvalue weighted by atomic mass is 9.99. The van der Waals surface area contributed by atoms with E-state index in [0.29, 0.717) is 29.9 Å². The number of nitriles is 1. The average molecular weight is 370 g/mol. The average Bonchev–Trinajstić information content (AvgIpc) is 3.23. The van der Waals surface area contributed by atoms with Crippen molar-refractivity contribution >= 4 is 5.78 Å². The Hall–Kier alpha value is -3.79. The van der Waals surface area contributed by atoms with Crippen LogP contribution in [0.5, 0.6) is 0 Å². The number of tetrazole rings is 1. The molecule has 0 amide bonds. The molecule has 7 heteroatoms. The van der Waals surface area contributed by atoms with Crippen molar-refractivity contribution in [3.05, 3.63) is 81.8 Å². The Morgan fingerprint density at radius 1 is 1.11 bits per heavy atom. The molecule has 7 nitrogen and oxygen atoms in total. The van der Waals surface area contributed by atoms with Crippen LogP contribution in [0.2, 0.25) is 0 Å². The molecular formula is C21H18N6O. The first-order valence-electron chi connectivity index (χ1n) is 9.10. The summed E-state index contributed by atoms with van der Waals surface area (Å²) in [6.07, 6.45) is 3.39. The van der Waals surface area contributed by atoms with Gasteiger partial charge in [-0.2, -0.15) is 5.26 Å². The van der Waals surface area contributed by atoms with Gasteiger partial charge in [0.1, 0.15) is 0 Å². The van der Waals surface area contributed by atoms with E-state index in [4.69, 9.17) is 0 Å². The van der Waals surface area contributed by atoms with E-state index >= 15 is 0 Å². The summed E-state index contributed by atoms with van der Waals surface area (Å²) in [4.78, 5) is 12.4. The van der Waals surface area contributed by atoms with E-state index in [1.807, 2.05) is 66.2 Å². The maximum absolute atomic E-state index is 12.4. The molecule has 0 spiro atoms. The van der Waals surface area contributed by atoms with Crippen molar-refractivity contribution < 1.29 is 0 Å². The first-order valence-corrected chi connectivity index (χ1v) is 9.10. The highest BCUT2D eigenvalue weighted by Crippen LogP contribution is 2.23. The van der Waals surface area contributed by atoms with Gasteiger partial charge in [0.25, 0.3) is 11.3 Å². The molecule has 2 aromatic heterocycles. The smallest absolute Gasteiger partial charge is 0.280 e. The summed E-state index contributed by atoms with van der Waals surface area (Å²) in [5.41, 5.74) is 4.13. The second-order valence-corrected chi connectivity index (χ2v) is 6.58. The van der Waals surface area contributed by atoms with Crippen LogP contribution in [0, 0.1) is 11.3 Å². The minimum atomic E-state index is -0.165. The third-order valence-corrected chi connectivity index (χ3v) is 4.67. The number of aromatic nitrogens is 5. The van der Waals surface area contributed by atoms with E-state index in [1.54, 1.807) is 0 Å². The van der Waals surface area contributed by atoms with E-state index in [1.165, 1.54) is 4.52 Å². The zero-order valence-electron chi connectivity index (χ0n) is 15.4. The molecule has 0 atom stereocenters. The zero-order valence-corrected chi connectivity index (χ0v) is 15.4. The number of hydrogen-bond donors (Lipinski definition) is 0. The highest BCUT2D eigenvalue weighted by atomic mass is 16.1. The first kappa shape index (κ1) is 17.6. The van der Waals surface area contributed by atoms with Gasteiger partial charge in [0.05, 0.1) is 18.2 Å². The molecule has 0 radical (unpaired) electrons. The molecule has 2 heterocycles. The molecule has 0 aliphatic carbocycles. The molecule has 0 aliphatic heterocycles. The van der Waals surface area contributed by atoms with Crippen LogP contribution >= 0.6 is 0 Å². The van der Waals surface area contributed by atoms with Crippen molar-refractivity contribution in [3.63, 3.8) is 0 Å². The largest absolute Gasteiger partial charge is 0.311 e. The summed E-state index contributed by atoms with van der Waals surface area (Å²) in [5, 5.41) is 20.8. The zero-order chi connectivity index (χ0) is 19.5. The Bertz CT molecular complexity index is 1230. The number of nitrogens with zero attached hydrogens (tertiary/aromatic N) is 6. The molecule has 0 saturated carbocycles. The second-order valence-electron chi connectivity index (χ2n) is 6.58. The Balaban J connectivity index is 1.69. The lowest BCUT2D eigenvalue weighted by Gasteiger charge is -2.11. The van der Waals surface area contributed by atoms with Gasteiger partial charge < -0.3 is 4.57 Å². The lowest BCUT2D eigenvalue weighted by molar-refractivity contribution is 0.722. The fourth-order valence-electron chi connectivity index (χ4n) is 3.31. The second kappa shape index (κ2) is 7.45. The van der Waals surface area contributed by atoms with E-state index in [0.717, 1.165) is 23.1 Å². The van der Waals surface area contributed by atoms with Crippen molar-refractivity contribution in [3.8, 4) is 17.2 Å². The Labute approximate surface area is 161 Å². The van der Waals surface area contributed by atoms with E-state index in [2.05, 4.69) is 21.6 Å². The predicted octanol–water partition coefficient (Wildman–Crippen LogP) is 2.83. The highest BCUT2D eigenvalue weighted by Gasteiger charge is 2.12. The summed E-state index contributed by atoms with van der Waals surface area (Å²) < 4.78 is 3.15. The molecular weight excluding hydrogens is 352 g/mol. The maximum Gasteiger partial charge on any atom is 0.280 e. The third-order valence-electron chi connectivity index (χ3n) is 4.67. The molecule has 2 aromatic carbocycles. The summed E-state index contributed by atoms with van der Waals surface area (Å²) >= 11 is 0. The monoisotopic (exact) mass is 370 g/mol. The van der Waals surface area contributed by atoms with Crippen LogP contribution in [-0.4, -0.2) is 24.6 Å². The van der Waals surface area contributed by atoms with Gasteiger partial charge >= 0.3 is 0 Å². The topological polar surface area (TPSA) is 88.9 Å². The molecule has 0 bridgehead atoms. The van der Waals surface area contributed by atoms with Gasteiger partial charge in [-0.25, -0.2) is 0 Å². The Morgan fingerprint density at radius 2 is 1.89 bits per heavy atom. The van der Waals surface area contributed by atoms with Gasteiger partial charge in [0, 0.05) is 11.8 Å². The number of aryl methyl sites for hydroxylation is 1. The van der Waals surface area contributed by atoms with Crippen LogP contribution in [0.1, 0.15) is 30.0 Å². The van der Waals surface area contributed by atoms with E-state index in [9.17, 15) is 10.1 Å². The highest BCUT2D eigenvalue weighted by molar-refractivity contribution is 5.70. The van der Waals surface area contributed by atoms with Gasteiger partial charge in [-0.15, -0.1) is 4.52 Å². The molecule has 4 rings (SSSR count). The van der Waals surface area contributed by atoms with Crippen molar-refractivity contribution in [2.45, 2.75) is 26.3 Å². The molecule has 0 aliphatic rings. The summed E-state index contributed by atoms with van der Waals surface area (Å²) in [6.45, 7) is 2.58. The van der Waals surface area contributed by atoms with Crippen molar-refractivity contribution in [1.29, 1.82) is 5.26 Å². The van der Waals surface area contributed by atoms with Crippen LogP contribution in [0.4, 0.5) is 0 Å². The molecule has 0 fully saturated rings. The normalized spacial score (nSPS) is 10.9.